The predicted octanol–water partition coefficient (Wildman–Crippen LogP) is 1.28. The number of hydrogen-bond acceptors (Lipinski definition) is 4. The van der Waals surface area contributed by atoms with Crippen molar-refractivity contribution < 1.29 is 4.79 Å². The maximum Gasteiger partial charge on any atom is 0.244 e. The lowest BCUT2D eigenvalue weighted by Gasteiger charge is -2.11. The molecule has 0 unspecified atom stereocenters. The minimum atomic E-state index is -0.254. The number of aryl methyl sites for hydroxylation is 1. The summed E-state index contributed by atoms with van der Waals surface area (Å²) in [5.41, 5.74) is 7.82. The van der Waals surface area contributed by atoms with Crippen LogP contribution in [0, 0.1) is 18.3 Å². The van der Waals surface area contributed by atoms with E-state index in [0.29, 0.717) is 11.4 Å². The summed E-state index contributed by atoms with van der Waals surface area (Å²) in [5.74, 6) is -0.0524. The number of para-hydroxylation sites is 1. The topological polar surface area (TPSA) is 96.7 Å². The third-order valence-corrected chi connectivity index (χ3v) is 2.70. The molecule has 0 aliphatic heterocycles. The Morgan fingerprint density at radius 1 is 1.58 bits per heavy atom. The van der Waals surface area contributed by atoms with E-state index in [1.807, 2.05) is 25.1 Å². The van der Waals surface area contributed by atoms with Gasteiger partial charge < -0.3 is 15.6 Å². The predicted molar refractivity (Wildman–Crippen MR) is 71.2 cm³/mol. The molecule has 3 N–H and O–H groups in total. The molecule has 2 rings (SSSR count). The molecular formula is C13H13N5O. The number of hydrogen-bond donors (Lipinski definition) is 2. The molecule has 0 aliphatic carbocycles. The molecule has 6 nitrogen and oxygen atoms in total. The SMILES string of the molecule is Cc1cccc(N)c1NC(=O)Cn1ccnc1C#N. The number of rotatable bonds is 3. The van der Waals surface area contributed by atoms with E-state index in [1.165, 1.54) is 10.8 Å². The van der Waals surface area contributed by atoms with Crippen molar-refractivity contribution in [2.45, 2.75) is 13.5 Å². The molecule has 1 aromatic heterocycles. The fourth-order valence-electron chi connectivity index (χ4n) is 1.74. The second kappa shape index (κ2) is 5.23. The second-order valence-electron chi connectivity index (χ2n) is 4.08. The van der Waals surface area contributed by atoms with Gasteiger partial charge in [-0.15, -0.1) is 0 Å². The quantitative estimate of drug-likeness (QED) is 0.807. The monoisotopic (exact) mass is 255 g/mol. The van der Waals surface area contributed by atoms with Crippen molar-refractivity contribution in [2.75, 3.05) is 11.1 Å². The number of nitrogens with one attached hydrogen (secondary N) is 1. The van der Waals surface area contributed by atoms with Crippen molar-refractivity contribution in [3.8, 4) is 6.07 Å². The highest BCUT2D eigenvalue weighted by atomic mass is 16.1. The van der Waals surface area contributed by atoms with E-state index in [9.17, 15) is 4.79 Å². The Hall–Kier alpha value is -2.81. The van der Waals surface area contributed by atoms with E-state index in [4.69, 9.17) is 11.0 Å². The first-order valence-corrected chi connectivity index (χ1v) is 5.68. The van der Waals surface area contributed by atoms with E-state index < -0.39 is 0 Å². The highest BCUT2D eigenvalue weighted by molar-refractivity contribution is 5.94. The number of nitrogen functional groups attached to an aromatic ring is 1. The van der Waals surface area contributed by atoms with Crippen LogP contribution >= 0.6 is 0 Å². The molecule has 0 radical (unpaired) electrons. The minimum Gasteiger partial charge on any atom is -0.397 e. The molecule has 6 heteroatoms. The molecule has 2 aromatic rings. The molecule has 96 valence electrons. The molecular weight excluding hydrogens is 242 g/mol. The Morgan fingerprint density at radius 2 is 2.37 bits per heavy atom. The zero-order chi connectivity index (χ0) is 13.8. The summed E-state index contributed by atoms with van der Waals surface area (Å²) in [6.07, 6.45) is 3.06. The number of imidazole rings is 1. The average Bonchev–Trinajstić information content (AvgIpc) is 2.81. The highest BCUT2D eigenvalue weighted by Gasteiger charge is 2.10. The molecule has 0 spiro atoms. The molecule has 0 saturated heterocycles. The zero-order valence-electron chi connectivity index (χ0n) is 10.4. The van der Waals surface area contributed by atoms with Crippen molar-refractivity contribution in [1.29, 1.82) is 5.26 Å². The highest BCUT2D eigenvalue weighted by Crippen LogP contribution is 2.22. The fourth-order valence-corrected chi connectivity index (χ4v) is 1.74. The van der Waals surface area contributed by atoms with Gasteiger partial charge >= 0.3 is 0 Å². The summed E-state index contributed by atoms with van der Waals surface area (Å²) < 4.78 is 1.48. The van der Waals surface area contributed by atoms with Crippen LogP contribution in [0.2, 0.25) is 0 Å². The van der Waals surface area contributed by atoms with Gasteiger partial charge in [0.2, 0.25) is 11.7 Å². The summed E-state index contributed by atoms with van der Waals surface area (Å²) in [7, 11) is 0. The van der Waals surface area contributed by atoms with E-state index in [0.717, 1.165) is 5.56 Å². The smallest absolute Gasteiger partial charge is 0.244 e. The molecule has 1 amide bonds. The number of anilines is 2. The molecule has 0 aliphatic rings. The molecule has 0 bridgehead atoms. The van der Waals surface area contributed by atoms with Crippen molar-refractivity contribution >= 4 is 17.3 Å². The number of aromatic nitrogens is 2. The largest absolute Gasteiger partial charge is 0.397 e. The number of benzene rings is 1. The van der Waals surface area contributed by atoms with Crippen LogP contribution in [0.5, 0.6) is 0 Å². The van der Waals surface area contributed by atoms with E-state index in [-0.39, 0.29) is 18.3 Å². The van der Waals surface area contributed by atoms with Gasteiger partial charge in [0.1, 0.15) is 12.6 Å². The maximum absolute atomic E-state index is 11.9. The average molecular weight is 255 g/mol. The van der Waals surface area contributed by atoms with Crippen LogP contribution in [0.1, 0.15) is 11.4 Å². The molecule has 0 saturated carbocycles. The van der Waals surface area contributed by atoms with E-state index in [1.54, 1.807) is 12.3 Å². The lowest BCUT2D eigenvalue weighted by Crippen LogP contribution is -2.20. The number of nitriles is 1. The Balaban J connectivity index is 2.13. The maximum atomic E-state index is 11.9. The molecule has 0 fully saturated rings. The number of carbonyl (C=O) groups excluding carboxylic acids is 1. The lowest BCUT2D eigenvalue weighted by molar-refractivity contribution is -0.116. The molecule has 1 aromatic carbocycles. The Morgan fingerprint density at radius 3 is 3.05 bits per heavy atom. The van der Waals surface area contributed by atoms with Crippen LogP contribution in [0.4, 0.5) is 11.4 Å². The first-order valence-electron chi connectivity index (χ1n) is 5.68. The van der Waals surface area contributed by atoms with Crippen LogP contribution in [0.3, 0.4) is 0 Å². The van der Waals surface area contributed by atoms with Crippen LogP contribution in [0.15, 0.2) is 30.6 Å². The van der Waals surface area contributed by atoms with Crippen molar-refractivity contribution in [1.82, 2.24) is 9.55 Å². The number of amides is 1. The first-order chi connectivity index (χ1) is 9.11. The van der Waals surface area contributed by atoms with Crippen LogP contribution in [0.25, 0.3) is 0 Å². The van der Waals surface area contributed by atoms with Gasteiger partial charge in [0, 0.05) is 12.4 Å². The third-order valence-electron chi connectivity index (χ3n) is 2.70. The van der Waals surface area contributed by atoms with Gasteiger partial charge in [-0.25, -0.2) is 4.98 Å². The Bertz CT molecular complexity index is 633. The Kier molecular flexibility index (Phi) is 3.48. The lowest BCUT2D eigenvalue weighted by atomic mass is 10.1. The fraction of sp³-hybridized carbons (Fsp3) is 0.154. The van der Waals surface area contributed by atoms with Crippen molar-refractivity contribution in [2.24, 2.45) is 0 Å². The third kappa shape index (κ3) is 2.72. The number of nitrogens with two attached hydrogens (primary N) is 1. The summed E-state index contributed by atoms with van der Waals surface area (Å²) in [6, 6.07) is 7.33. The summed E-state index contributed by atoms with van der Waals surface area (Å²) in [6.45, 7) is 1.89. The minimum absolute atomic E-state index is 0.0245. The van der Waals surface area contributed by atoms with Gasteiger partial charge in [-0.2, -0.15) is 5.26 Å². The van der Waals surface area contributed by atoms with E-state index >= 15 is 0 Å². The molecule has 19 heavy (non-hydrogen) atoms. The standard InChI is InChI=1S/C13H13N5O/c1-9-3-2-4-10(15)13(9)17-12(19)8-18-6-5-16-11(18)7-14/h2-6H,8,15H2,1H3,(H,17,19). The van der Waals surface area contributed by atoms with Crippen LogP contribution in [-0.4, -0.2) is 15.5 Å². The van der Waals surface area contributed by atoms with Crippen LogP contribution < -0.4 is 11.1 Å². The van der Waals surface area contributed by atoms with Gasteiger partial charge in [0.05, 0.1) is 11.4 Å². The molecule has 1 heterocycles. The molecule has 0 atom stereocenters. The van der Waals surface area contributed by atoms with E-state index in [2.05, 4.69) is 10.3 Å². The summed E-state index contributed by atoms with van der Waals surface area (Å²) >= 11 is 0. The summed E-state index contributed by atoms with van der Waals surface area (Å²) in [4.78, 5) is 15.8. The van der Waals surface area contributed by atoms with Gasteiger partial charge in [0.15, 0.2) is 0 Å². The van der Waals surface area contributed by atoms with Crippen LogP contribution in [-0.2, 0) is 11.3 Å². The van der Waals surface area contributed by atoms with Crippen molar-refractivity contribution in [3.05, 3.63) is 42.0 Å². The van der Waals surface area contributed by atoms with Crippen molar-refractivity contribution in [3.63, 3.8) is 0 Å². The zero-order valence-corrected chi connectivity index (χ0v) is 10.4. The Labute approximate surface area is 110 Å². The van der Waals surface area contributed by atoms with Gasteiger partial charge in [-0.05, 0) is 18.6 Å². The second-order valence-corrected chi connectivity index (χ2v) is 4.08. The van der Waals surface area contributed by atoms with Gasteiger partial charge in [-0.1, -0.05) is 12.1 Å². The number of nitrogens with zero attached hydrogens (tertiary/aromatic N) is 3. The van der Waals surface area contributed by atoms with Gasteiger partial charge in [0.25, 0.3) is 0 Å². The van der Waals surface area contributed by atoms with Gasteiger partial charge in [-0.3, -0.25) is 4.79 Å². The number of carbonyl (C=O) groups is 1. The first kappa shape index (κ1) is 12.6. The normalized spacial score (nSPS) is 9.89. The summed E-state index contributed by atoms with van der Waals surface area (Å²) in [5, 5.41) is 11.6.